The van der Waals surface area contributed by atoms with Crippen molar-refractivity contribution < 1.29 is 4.74 Å². The van der Waals surface area contributed by atoms with Crippen LogP contribution in [0.4, 0.5) is 0 Å². The highest BCUT2D eigenvalue weighted by Crippen LogP contribution is 2.28. The van der Waals surface area contributed by atoms with E-state index in [1.54, 1.807) is 23.0 Å². The summed E-state index contributed by atoms with van der Waals surface area (Å²) in [6, 6.07) is 7.32. The summed E-state index contributed by atoms with van der Waals surface area (Å²) < 4.78 is 7.52. The van der Waals surface area contributed by atoms with Crippen LogP contribution in [0.15, 0.2) is 36.7 Å². The van der Waals surface area contributed by atoms with Crippen molar-refractivity contribution in [1.29, 1.82) is 0 Å². The highest BCUT2D eigenvalue weighted by Gasteiger charge is 2.09. The molecular weight excluding hydrogens is 276 g/mol. The number of benzene rings is 1. The van der Waals surface area contributed by atoms with E-state index in [1.807, 2.05) is 25.1 Å². The van der Waals surface area contributed by atoms with Gasteiger partial charge in [0.1, 0.15) is 11.3 Å². The van der Waals surface area contributed by atoms with Crippen LogP contribution >= 0.6 is 11.6 Å². The summed E-state index contributed by atoms with van der Waals surface area (Å²) >= 11 is 6.12. The number of nitrogens with two attached hydrogens (primary N) is 1. The van der Waals surface area contributed by atoms with E-state index >= 15 is 0 Å². The van der Waals surface area contributed by atoms with Crippen molar-refractivity contribution in [2.24, 2.45) is 5.73 Å². The largest absolute Gasteiger partial charge is 0.437 e. The summed E-state index contributed by atoms with van der Waals surface area (Å²) in [5.74, 6) is 1.11. The molecule has 0 unspecified atom stereocenters. The molecule has 0 atom stereocenters. The van der Waals surface area contributed by atoms with Gasteiger partial charge in [0.05, 0.1) is 5.69 Å². The first-order valence-corrected chi connectivity index (χ1v) is 6.52. The Morgan fingerprint density at radius 1 is 1.35 bits per heavy atom. The predicted octanol–water partition coefficient (Wildman–Crippen LogP) is 2.94. The number of hydrogen-bond donors (Lipinski definition) is 1. The van der Waals surface area contributed by atoms with E-state index < -0.39 is 0 Å². The van der Waals surface area contributed by atoms with Crippen molar-refractivity contribution in [3.63, 3.8) is 0 Å². The average Bonchev–Trinajstić information content (AvgIpc) is 2.80. The molecule has 2 aromatic heterocycles. The number of aryl methyl sites for hydroxylation is 1. The van der Waals surface area contributed by atoms with Crippen LogP contribution in [0.1, 0.15) is 11.3 Å². The second-order valence-electron chi connectivity index (χ2n) is 4.41. The van der Waals surface area contributed by atoms with Gasteiger partial charge in [-0.25, -0.2) is 9.50 Å². The standard InChI is InChI=1S/C14H13ClN4O/c1-9-6-13-14(17-4-5-19(13)18-9)20-11-3-2-10(8-16)12(15)7-11/h2-7H,8,16H2,1H3. The van der Waals surface area contributed by atoms with E-state index in [2.05, 4.69) is 10.1 Å². The number of hydrogen-bond acceptors (Lipinski definition) is 4. The lowest BCUT2D eigenvalue weighted by Gasteiger charge is -2.08. The molecule has 0 amide bonds. The fourth-order valence-corrected chi connectivity index (χ4v) is 2.22. The third-order valence-electron chi connectivity index (χ3n) is 2.94. The third kappa shape index (κ3) is 2.33. The molecule has 0 radical (unpaired) electrons. The number of fused-ring (bicyclic) bond motifs is 1. The van der Waals surface area contributed by atoms with Gasteiger partial charge in [0.15, 0.2) is 0 Å². The molecule has 0 saturated carbocycles. The first kappa shape index (κ1) is 12.9. The van der Waals surface area contributed by atoms with Crippen molar-refractivity contribution in [2.45, 2.75) is 13.5 Å². The first-order chi connectivity index (χ1) is 9.67. The highest BCUT2D eigenvalue weighted by molar-refractivity contribution is 6.31. The van der Waals surface area contributed by atoms with Gasteiger partial charge in [-0.3, -0.25) is 0 Å². The van der Waals surface area contributed by atoms with Crippen molar-refractivity contribution in [2.75, 3.05) is 0 Å². The quantitative estimate of drug-likeness (QED) is 0.805. The van der Waals surface area contributed by atoms with E-state index in [1.165, 1.54) is 0 Å². The van der Waals surface area contributed by atoms with Gasteiger partial charge in [0.2, 0.25) is 5.88 Å². The summed E-state index contributed by atoms with van der Waals surface area (Å²) in [4.78, 5) is 4.24. The molecule has 3 rings (SSSR count). The van der Waals surface area contributed by atoms with Crippen molar-refractivity contribution in [3.8, 4) is 11.6 Å². The van der Waals surface area contributed by atoms with E-state index in [-0.39, 0.29) is 0 Å². The van der Waals surface area contributed by atoms with E-state index in [0.29, 0.717) is 23.2 Å². The minimum atomic E-state index is 0.398. The summed E-state index contributed by atoms with van der Waals surface area (Å²) in [5.41, 5.74) is 8.17. The summed E-state index contributed by atoms with van der Waals surface area (Å²) in [6.45, 7) is 2.32. The zero-order valence-electron chi connectivity index (χ0n) is 10.9. The summed E-state index contributed by atoms with van der Waals surface area (Å²) in [5, 5.41) is 4.90. The van der Waals surface area contributed by atoms with E-state index in [9.17, 15) is 0 Å². The Kier molecular flexibility index (Phi) is 3.30. The first-order valence-electron chi connectivity index (χ1n) is 6.14. The minimum Gasteiger partial charge on any atom is -0.437 e. The Morgan fingerprint density at radius 2 is 2.20 bits per heavy atom. The highest BCUT2D eigenvalue weighted by atomic mass is 35.5. The molecular formula is C14H13ClN4O. The van der Waals surface area contributed by atoms with Crippen molar-refractivity contribution >= 4 is 17.1 Å². The maximum absolute atomic E-state index is 6.12. The molecule has 0 aliphatic heterocycles. The lowest BCUT2D eigenvalue weighted by molar-refractivity contribution is 0.465. The Labute approximate surface area is 121 Å². The lowest BCUT2D eigenvalue weighted by atomic mass is 10.2. The molecule has 6 heteroatoms. The molecule has 102 valence electrons. The van der Waals surface area contributed by atoms with Gasteiger partial charge in [0, 0.05) is 24.0 Å². The second kappa shape index (κ2) is 5.11. The molecule has 2 heterocycles. The molecule has 0 fully saturated rings. The smallest absolute Gasteiger partial charge is 0.245 e. The summed E-state index contributed by atoms with van der Waals surface area (Å²) in [6.07, 6.45) is 3.42. The maximum atomic E-state index is 6.12. The second-order valence-corrected chi connectivity index (χ2v) is 4.81. The van der Waals surface area contributed by atoms with E-state index in [4.69, 9.17) is 22.1 Å². The molecule has 1 aromatic carbocycles. The molecule has 0 aliphatic rings. The van der Waals surface area contributed by atoms with Crippen LogP contribution < -0.4 is 10.5 Å². The zero-order chi connectivity index (χ0) is 14.1. The maximum Gasteiger partial charge on any atom is 0.245 e. The Balaban J connectivity index is 1.98. The predicted molar refractivity (Wildman–Crippen MR) is 77.1 cm³/mol. The SMILES string of the molecule is Cc1cc2c(Oc3ccc(CN)c(Cl)c3)nccn2n1. The molecule has 3 aromatic rings. The van der Waals surface area contributed by atoms with Crippen LogP contribution in [0.5, 0.6) is 11.6 Å². The van der Waals surface area contributed by atoms with Gasteiger partial charge in [0.25, 0.3) is 0 Å². The van der Waals surface area contributed by atoms with Gasteiger partial charge in [-0.15, -0.1) is 0 Å². The number of aromatic nitrogens is 3. The Bertz CT molecular complexity index is 769. The minimum absolute atomic E-state index is 0.398. The summed E-state index contributed by atoms with van der Waals surface area (Å²) in [7, 11) is 0. The number of rotatable bonds is 3. The molecule has 0 bridgehead atoms. The van der Waals surface area contributed by atoms with Crippen molar-refractivity contribution in [1.82, 2.24) is 14.6 Å². The van der Waals surface area contributed by atoms with Crippen LogP contribution in [0, 0.1) is 6.92 Å². The molecule has 20 heavy (non-hydrogen) atoms. The normalized spacial score (nSPS) is 10.9. The average molecular weight is 289 g/mol. The third-order valence-corrected chi connectivity index (χ3v) is 3.29. The van der Waals surface area contributed by atoms with E-state index in [0.717, 1.165) is 16.8 Å². The van der Waals surface area contributed by atoms with Crippen molar-refractivity contribution in [3.05, 3.63) is 52.9 Å². The number of halogens is 1. The fourth-order valence-electron chi connectivity index (χ4n) is 1.97. The molecule has 5 nitrogen and oxygen atoms in total. The van der Waals surface area contributed by atoms with Gasteiger partial charge in [-0.2, -0.15) is 5.10 Å². The van der Waals surface area contributed by atoms with Crippen LogP contribution in [0.3, 0.4) is 0 Å². The van der Waals surface area contributed by atoms with Gasteiger partial charge in [-0.05, 0) is 30.7 Å². The Morgan fingerprint density at radius 3 is 2.95 bits per heavy atom. The van der Waals surface area contributed by atoms with Gasteiger partial charge >= 0.3 is 0 Å². The fraction of sp³-hybridized carbons (Fsp3) is 0.143. The number of nitrogens with zero attached hydrogens (tertiary/aromatic N) is 3. The zero-order valence-corrected chi connectivity index (χ0v) is 11.6. The molecule has 0 aliphatic carbocycles. The topological polar surface area (TPSA) is 65.4 Å². The van der Waals surface area contributed by atoms with Gasteiger partial charge < -0.3 is 10.5 Å². The lowest BCUT2D eigenvalue weighted by Crippen LogP contribution is -1.98. The number of ether oxygens (including phenoxy) is 1. The van der Waals surface area contributed by atoms with Crippen LogP contribution in [-0.2, 0) is 6.54 Å². The van der Waals surface area contributed by atoms with Gasteiger partial charge in [-0.1, -0.05) is 17.7 Å². The van der Waals surface area contributed by atoms with Crippen LogP contribution in [0.2, 0.25) is 5.02 Å². The molecule has 2 N–H and O–H groups in total. The van der Waals surface area contributed by atoms with Crippen LogP contribution in [0.25, 0.3) is 5.52 Å². The Hall–Kier alpha value is -2.11. The van der Waals surface area contributed by atoms with Crippen LogP contribution in [-0.4, -0.2) is 14.6 Å². The molecule has 0 spiro atoms. The molecule has 0 saturated heterocycles. The monoisotopic (exact) mass is 288 g/mol.